The number of carbonyl (C=O) groups is 1. The lowest BCUT2D eigenvalue weighted by Gasteiger charge is -2.51. The van der Waals surface area contributed by atoms with Crippen LogP contribution in [0.5, 0.6) is 0 Å². The molecule has 0 bridgehead atoms. The molecule has 1 aliphatic heterocycles. The molecule has 0 aromatic heterocycles. The minimum absolute atomic E-state index is 0.120. The summed E-state index contributed by atoms with van der Waals surface area (Å²) in [6.45, 7) is 2.21. The molecule has 5 heteroatoms. The second-order valence-electron chi connectivity index (χ2n) is 11.0. The first-order valence-corrected chi connectivity index (χ1v) is 12.8. The highest BCUT2D eigenvalue weighted by atomic mass is 35.5. The highest BCUT2D eigenvalue weighted by Gasteiger charge is 2.56. The smallest absolute Gasteiger partial charge is 0.225 e. The lowest BCUT2D eigenvalue weighted by atomic mass is 9.56. The number of carbonyl (C=O) groups excluding carboxylic acids is 1. The minimum Gasteiger partial charge on any atom is -0.392 e. The molecule has 4 aliphatic carbocycles. The van der Waals surface area contributed by atoms with Crippen molar-refractivity contribution >= 4 is 17.5 Å². The minimum atomic E-state index is -0.510. The topological polar surface area (TPSA) is 61.4 Å². The van der Waals surface area contributed by atoms with E-state index >= 15 is 0 Å². The van der Waals surface area contributed by atoms with Crippen LogP contribution >= 0.6 is 11.6 Å². The van der Waals surface area contributed by atoms with Crippen LogP contribution in [0, 0.1) is 35.5 Å². The molecule has 164 valence electrons. The summed E-state index contributed by atoms with van der Waals surface area (Å²) in [5.41, 5.74) is 0. The van der Waals surface area contributed by atoms with E-state index in [-0.39, 0.29) is 17.7 Å². The molecule has 0 radical (unpaired) electrons. The van der Waals surface area contributed by atoms with Gasteiger partial charge in [0.25, 0.3) is 0 Å². The van der Waals surface area contributed by atoms with Crippen molar-refractivity contribution in [3.8, 4) is 0 Å². The number of halogens is 1. The van der Waals surface area contributed by atoms with E-state index in [1.54, 1.807) is 0 Å². The molecule has 5 rings (SSSR count). The molecule has 0 spiro atoms. The van der Waals surface area contributed by atoms with E-state index in [0.29, 0.717) is 47.2 Å². The van der Waals surface area contributed by atoms with E-state index in [0.717, 1.165) is 32.1 Å². The van der Waals surface area contributed by atoms with Crippen molar-refractivity contribution in [1.82, 2.24) is 10.6 Å². The Kier molecular flexibility index (Phi) is 5.90. The SMILES string of the molecule is CC1C(O)C(C(=O)NC2CCCCC2)CC2CCC3C4CC(Cl)CCC4NC3C21. The van der Waals surface area contributed by atoms with Gasteiger partial charge in [0.1, 0.15) is 0 Å². The Balaban J connectivity index is 1.28. The van der Waals surface area contributed by atoms with Gasteiger partial charge in [0.2, 0.25) is 5.91 Å². The standard InChI is InChI=1S/C24H39ClN2O2/c1-13-21-14(7-9-17-18-12-15(25)8-10-20(18)27-22(17)21)11-19(23(13)28)24(29)26-16-5-3-2-4-6-16/h13-23,27-28H,2-12H2,1H3,(H,26,29). The van der Waals surface area contributed by atoms with Crippen molar-refractivity contribution in [2.75, 3.05) is 0 Å². The monoisotopic (exact) mass is 422 g/mol. The van der Waals surface area contributed by atoms with Gasteiger partial charge in [-0.2, -0.15) is 0 Å². The average molecular weight is 423 g/mol. The summed E-state index contributed by atoms with van der Waals surface area (Å²) in [7, 11) is 0. The van der Waals surface area contributed by atoms with Crippen molar-refractivity contribution in [1.29, 1.82) is 0 Å². The Labute approximate surface area is 180 Å². The molecule has 10 unspecified atom stereocenters. The second kappa shape index (κ2) is 8.31. The number of aliphatic hydroxyl groups is 1. The summed E-state index contributed by atoms with van der Waals surface area (Å²) in [6, 6.07) is 1.46. The van der Waals surface area contributed by atoms with Crippen LogP contribution < -0.4 is 10.6 Å². The molecule has 0 aromatic carbocycles. The molecule has 1 saturated heterocycles. The zero-order valence-corrected chi connectivity index (χ0v) is 18.6. The second-order valence-corrected chi connectivity index (χ2v) is 11.6. The quantitative estimate of drug-likeness (QED) is 0.592. The summed E-state index contributed by atoms with van der Waals surface area (Å²) in [4.78, 5) is 13.1. The van der Waals surface area contributed by atoms with Crippen LogP contribution in [0.1, 0.15) is 77.6 Å². The molecule has 29 heavy (non-hydrogen) atoms. The fourth-order valence-corrected chi connectivity index (χ4v) is 8.39. The summed E-state index contributed by atoms with van der Waals surface area (Å²) < 4.78 is 0. The molecule has 10 atom stereocenters. The van der Waals surface area contributed by atoms with Crippen molar-refractivity contribution in [2.24, 2.45) is 35.5 Å². The van der Waals surface area contributed by atoms with Gasteiger partial charge in [-0.25, -0.2) is 0 Å². The Hall–Kier alpha value is -0.320. The fraction of sp³-hybridized carbons (Fsp3) is 0.958. The lowest BCUT2D eigenvalue weighted by molar-refractivity contribution is -0.139. The maximum atomic E-state index is 13.1. The summed E-state index contributed by atoms with van der Waals surface area (Å²) in [6.07, 6.45) is 12.3. The predicted molar refractivity (Wildman–Crippen MR) is 116 cm³/mol. The highest BCUT2D eigenvalue weighted by molar-refractivity contribution is 6.20. The molecule has 5 fully saturated rings. The number of fused-ring (bicyclic) bond motifs is 5. The molecule has 3 N–H and O–H groups in total. The van der Waals surface area contributed by atoms with Gasteiger partial charge in [0.05, 0.1) is 12.0 Å². The Morgan fingerprint density at radius 2 is 1.79 bits per heavy atom. The largest absolute Gasteiger partial charge is 0.392 e. The third-order valence-electron chi connectivity index (χ3n) is 9.49. The van der Waals surface area contributed by atoms with Gasteiger partial charge < -0.3 is 15.7 Å². The molecule has 4 saturated carbocycles. The zero-order chi connectivity index (χ0) is 20.1. The van der Waals surface area contributed by atoms with E-state index in [1.807, 2.05) is 0 Å². The number of alkyl halides is 1. The number of hydrogen-bond acceptors (Lipinski definition) is 3. The van der Waals surface area contributed by atoms with Crippen LogP contribution in [-0.2, 0) is 4.79 Å². The molecular formula is C24H39ClN2O2. The number of rotatable bonds is 2. The Morgan fingerprint density at radius 3 is 2.59 bits per heavy atom. The maximum absolute atomic E-state index is 13.1. The van der Waals surface area contributed by atoms with Crippen molar-refractivity contribution in [3.63, 3.8) is 0 Å². The van der Waals surface area contributed by atoms with Crippen LogP contribution in [0.3, 0.4) is 0 Å². The average Bonchev–Trinajstić information content (AvgIpc) is 3.08. The van der Waals surface area contributed by atoms with Crippen molar-refractivity contribution < 1.29 is 9.90 Å². The van der Waals surface area contributed by atoms with E-state index in [4.69, 9.17) is 11.6 Å². The summed E-state index contributed by atoms with van der Waals surface area (Å²) in [5, 5.41) is 18.8. The highest BCUT2D eigenvalue weighted by Crippen LogP contribution is 2.54. The predicted octanol–water partition coefficient (Wildman–Crippen LogP) is 3.84. The molecule has 1 heterocycles. The summed E-state index contributed by atoms with van der Waals surface area (Å²) in [5.74, 6) is 2.58. The number of aliphatic hydroxyl groups excluding tert-OH is 1. The van der Waals surface area contributed by atoms with Gasteiger partial charge in [-0.05, 0) is 81.0 Å². The van der Waals surface area contributed by atoms with Gasteiger partial charge in [-0.3, -0.25) is 4.79 Å². The van der Waals surface area contributed by atoms with E-state index in [9.17, 15) is 9.90 Å². The van der Waals surface area contributed by atoms with Gasteiger partial charge in [-0.1, -0.05) is 26.2 Å². The molecule has 5 aliphatic rings. The van der Waals surface area contributed by atoms with E-state index < -0.39 is 6.10 Å². The fourth-order valence-electron chi connectivity index (χ4n) is 8.06. The first-order chi connectivity index (χ1) is 14.0. The van der Waals surface area contributed by atoms with E-state index in [2.05, 4.69) is 17.6 Å². The molecule has 1 amide bonds. The van der Waals surface area contributed by atoms with Crippen molar-refractivity contribution in [2.45, 2.75) is 107 Å². The van der Waals surface area contributed by atoms with Crippen molar-refractivity contribution in [3.05, 3.63) is 0 Å². The van der Waals surface area contributed by atoms with Crippen LogP contribution in [0.15, 0.2) is 0 Å². The van der Waals surface area contributed by atoms with Gasteiger partial charge in [-0.15, -0.1) is 11.6 Å². The van der Waals surface area contributed by atoms with Crippen LogP contribution in [0.25, 0.3) is 0 Å². The molecular weight excluding hydrogens is 384 g/mol. The normalized spacial score (nSPS) is 50.3. The first kappa shape index (κ1) is 20.6. The van der Waals surface area contributed by atoms with Crippen LogP contribution in [0.4, 0.5) is 0 Å². The Bertz CT molecular complexity index is 608. The number of nitrogens with one attached hydrogen (secondary N) is 2. The van der Waals surface area contributed by atoms with Gasteiger partial charge >= 0.3 is 0 Å². The first-order valence-electron chi connectivity index (χ1n) is 12.4. The third kappa shape index (κ3) is 3.76. The maximum Gasteiger partial charge on any atom is 0.225 e. The Morgan fingerprint density at radius 1 is 1.00 bits per heavy atom. The molecule has 4 nitrogen and oxygen atoms in total. The van der Waals surface area contributed by atoms with Gasteiger partial charge in [0.15, 0.2) is 0 Å². The molecule has 0 aromatic rings. The third-order valence-corrected chi connectivity index (χ3v) is 9.88. The zero-order valence-electron chi connectivity index (χ0n) is 17.9. The van der Waals surface area contributed by atoms with Crippen LogP contribution in [-0.4, -0.2) is 40.6 Å². The van der Waals surface area contributed by atoms with E-state index in [1.165, 1.54) is 38.5 Å². The number of amides is 1. The summed E-state index contributed by atoms with van der Waals surface area (Å²) >= 11 is 6.53. The number of hydrogen-bond donors (Lipinski definition) is 3. The van der Waals surface area contributed by atoms with Crippen LogP contribution in [0.2, 0.25) is 0 Å². The van der Waals surface area contributed by atoms with Gasteiger partial charge in [0, 0.05) is 23.5 Å². The lowest BCUT2D eigenvalue weighted by Crippen LogP contribution is -2.57.